The van der Waals surface area contributed by atoms with E-state index in [-0.39, 0.29) is 0 Å². The maximum absolute atomic E-state index is 4.19. The number of nitrogens with one attached hydrogen (secondary N) is 1. The zero-order valence-corrected chi connectivity index (χ0v) is 8.61. The summed E-state index contributed by atoms with van der Waals surface area (Å²) in [6.07, 6.45) is 6.80. The summed E-state index contributed by atoms with van der Waals surface area (Å²) in [5, 5.41) is 11.5. The summed E-state index contributed by atoms with van der Waals surface area (Å²) in [7, 11) is 2.05. The van der Waals surface area contributed by atoms with E-state index < -0.39 is 0 Å². The Balaban J connectivity index is 2.04. The van der Waals surface area contributed by atoms with Gasteiger partial charge in [-0.1, -0.05) is 6.42 Å². The van der Waals surface area contributed by atoms with Gasteiger partial charge in [-0.2, -0.15) is 10.2 Å². The minimum absolute atomic E-state index is 0.606. The van der Waals surface area contributed by atoms with Crippen molar-refractivity contribution in [3.05, 3.63) is 24.0 Å². The Labute approximate surface area is 84.9 Å². The van der Waals surface area contributed by atoms with Crippen LogP contribution in [0, 0.1) is 0 Å². The molecule has 0 radical (unpaired) electrons. The maximum atomic E-state index is 4.19. The van der Waals surface area contributed by atoms with Crippen molar-refractivity contribution in [2.24, 2.45) is 0 Å². The first-order chi connectivity index (χ1) is 6.90. The van der Waals surface area contributed by atoms with Crippen LogP contribution in [0.5, 0.6) is 0 Å². The second-order valence-electron chi connectivity index (χ2n) is 4.00. The summed E-state index contributed by atoms with van der Waals surface area (Å²) >= 11 is 0. The molecule has 1 aliphatic rings. The molecule has 0 spiro atoms. The number of hydrogen-bond donors (Lipinski definition) is 1. The molecule has 3 nitrogen and oxygen atoms in total. The highest BCUT2D eigenvalue weighted by atomic mass is 15.1. The normalized spacial score (nSPS) is 27.5. The first-order valence-corrected chi connectivity index (χ1v) is 5.35. The highest BCUT2D eigenvalue weighted by molar-refractivity contribution is 5.08. The van der Waals surface area contributed by atoms with Crippen molar-refractivity contribution in [1.82, 2.24) is 15.5 Å². The monoisotopic (exact) mass is 191 g/mol. The van der Waals surface area contributed by atoms with Crippen LogP contribution < -0.4 is 5.32 Å². The Bertz CT molecular complexity index is 273. The van der Waals surface area contributed by atoms with Crippen molar-refractivity contribution in [3.63, 3.8) is 0 Å². The number of hydrogen-bond acceptors (Lipinski definition) is 3. The van der Waals surface area contributed by atoms with E-state index in [1.54, 1.807) is 6.20 Å². The van der Waals surface area contributed by atoms with Crippen LogP contribution in [0.4, 0.5) is 0 Å². The molecule has 3 heteroatoms. The lowest BCUT2D eigenvalue weighted by Gasteiger charge is -2.28. The third-order valence-corrected chi connectivity index (χ3v) is 3.09. The summed E-state index contributed by atoms with van der Waals surface area (Å²) in [5.41, 5.74) is 1.16. The Kier molecular flexibility index (Phi) is 3.09. The van der Waals surface area contributed by atoms with Gasteiger partial charge < -0.3 is 5.32 Å². The average Bonchev–Trinajstić information content (AvgIpc) is 2.30. The average molecular weight is 191 g/mol. The van der Waals surface area contributed by atoms with Gasteiger partial charge in [0.1, 0.15) is 0 Å². The molecule has 1 unspecified atom stereocenters. The minimum atomic E-state index is 0.606. The summed E-state index contributed by atoms with van der Waals surface area (Å²) in [5.74, 6) is 0.606. The Morgan fingerprint density at radius 3 is 3.07 bits per heavy atom. The fraction of sp³-hybridized carbons (Fsp3) is 0.636. The molecule has 1 aliphatic carbocycles. The standard InChI is InChI=1S/C11H17N3/c1-12-10-5-2-4-9(8-10)11-6-3-7-13-14-11/h3,6-7,9-10,12H,2,4-5,8H2,1H3/t9?,10-/m1/s1. The first kappa shape index (κ1) is 9.59. The van der Waals surface area contributed by atoms with E-state index in [1.807, 2.05) is 13.1 Å². The highest BCUT2D eigenvalue weighted by Gasteiger charge is 2.22. The third-order valence-electron chi connectivity index (χ3n) is 3.09. The highest BCUT2D eigenvalue weighted by Crippen LogP contribution is 2.31. The first-order valence-electron chi connectivity index (χ1n) is 5.35. The molecule has 0 aliphatic heterocycles. The molecule has 1 aromatic heterocycles. The number of rotatable bonds is 2. The topological polar surface area (TPSA) is 37.8 Å². The van der Waals surface area contributed by atoms with Crippen molar-refractivity contribution in [2.45, 2.75) is 37.6 Å². The zero-order valence-electron chi connectivity index (χ0n) is 8.61. The van der Waals surface area contributed by atoms with Gasteiger partial charge >= 0.3 is 0 Å². The second kappa shape index (κ2) is 4.51. The molecule has 2 atom stereocenters. The predicted octanol–water partition coefficient (Wildman–Crippen LogP) is 1.72. The van der Waals surface area contributed by atoms with E-state index in [0.717, 1.165) is 5.69 Å². The molecule has 1 fully saturated rings. The SMILES string of the molecule is CN[C@@H]1CCCC(c2cccnn2)C1. The van der Waals surface area contributed by atoms with Crippen molar-refractivity contribution < 1.29 is 0 Å². The quantitative estimate of drug-likeness (QED) is 0.773. The molecule has 0 amide bonds. The molecule has 0 aromatic carbocycles. The molecule has 1 saturated carbocycles. The van der Waals surface area contributed by atoms with Gasteiger partial charge in [0.15, 0.2) is 0 Å². The van der Waals surface area contributed by atoms with E-state index >= 15 is 0 Å². The van der Waals surface area contributed by atoms with Gasteiger partial charge in [-0.25, -0.2) is 0 Å². The fourth-order valence-corrected chi connectivity index (χ4v) is 2.25. The van der Waals surface area contributed by atoms with Crippen LogP contribution in [0.3, 0.4) is 0 Å². The van der Waals surface area contributed by atoms with Crippen LogP contribution in [0.25, 0.3) is 0 Å². The van der Waals surface area contributed by atoms with Crippen LogP contribution in [0.15, 0.2) is 18.3 Å². The molecule has 1 N–H and O–H groups in total. The number of nitrogens with zero attached hydrogens (tertiary/aromatic N) is 2. The van der Waals surface area contributed by atoms with Crippen LogP contribution in [-0.4, -0.2) is 23.3 Å². The molecule has 1 aromatic rings. The summed E-state index contributed by atoms with van der Waals surface area (Å²) in [4.78, 5) is 0. The second-order valence-corrected chi connectivity index (χ2v) is 4.00. The largest absolute Gasteiger partial charge is 0.317 e. The third kappa shape index (κ3) is 2.10. The Morgan fingerprint density at radius 1 is 1.43 bits per heavy atom. The van der Waals surface area contributed by atoms with Crippen molar-refractivity contribution >= 4 is 0 Å². The predicted molar refractivity (Wildman–Crippen MR) is 56.1 cm³/mol. The van der Waals surface area contributed by atoms with Crippen LogP contribution in [0.1, 0.15) is 37.3 Å². The Hall–Kier alpha value is -0.960. The summed E-state index contributed by atoms with van der Waals surface area (Å²) in [6, 6.07) is 4.73. The van der Waals surface area contributed by atoms with Gasteiger partial charge in [0, 0.05) is 18.2 Å². The van der Waals surface area contributed by atoms with Crippen molar-refractivity contribution in [1.29, 1.82) is 0 Å². The van der Waals surface area contributed by atoms with Gasteiger partial charge in [0.05, 0.1) is 5.69 Å². The molecule has 0 saturated heterocycles. The molecule has 76 valence electrons. The molecule has 14 heavy (non-hydrogen) atoms. The smallest absolute Gasteiger partial charge is 0.0662 e. The van der Waals surface area contributed by atoms with E-state index in [1.165, 1.54) is 25.7 Å². The van der Waals surface area contributed by atoms with Gasteiger partial charge in [-0.05, 0) is 38.4 Å². The van der Waals surface area contributed by atoms with E-state index in [4.69, 9.17) is 0 Å². The van der Waals surface area contributed by atoms with Gasteiger partial charge in [0.2, 0.25) is 0 Å². The summed E-state index contributed by atoms with van der Waals surface area (Å²) in [6.45, 7) is 0. The Morgan fingerprint density at radius 2 is 2.36 bits per heavy atom. The van der Waals surface area contributed by atoms with E-state index in [9.17, 15) is 0 Å². The lowest BCUT2D eigenvalue weighted by molar-refractivity contribution is 0.350. The molecular formula is C11H17N3. The zero-order chi connectivity index (χ0) is 9.80. The lowest BCUT2D eigenvalue weighted by atomic mass is 9.84. The maximum Gasteiger partial charge on any atom is 0.0662 e. The van der Waals surface area contributed by atoms with Gasteiger partial charge in [0.25, 0.3) is 0 Å². The van der Waals surface area contributed by atoms with Crippen molar-refractivity contribution in [2.75, 3.05) is 7.05 Å². The van der Waals surface area contributed by atoms with Gasteiger partial charge in [-0.15, -0.1) is 0 Å². The van der Waals surface area contributed by atoms with Gasteiger partial charge in [-0.3, -0.25) is 0 Å². The lowest BCUT2D eigenvalue weighted by Crippen LogP contribution is -2.30. The molecular weight excluding hydrogens is 174 g/mol. The van der Waals surface area contributed by atoms with Crippen LogP contribution in [-0.2, 0) is 0 Å². The van der Waals surface area contributed by atoms with Crippen LogP contribution >= 0.6 is 0 Å². The molecule has 2 rings (SSSR count). The number of aromatic nitrogens is 2. The summed E-state index contributed by atoms with van der Waals surface area (Å²) < 4.78 is 0. The van der Waals surface area contributed by atoms with Crippen LogP contribution in [0.2, 0.25) is 0 Å². The van der Waals surface area contributed by atoms with E-state index in [0.29, 0.717) is 12.0 Å². The minimum Gasteiger partial charge on any atom is -0.317 e. The molecule has 1 heterocycles. The molecule has 0 bridgehead atoms. The fourth-order valence-electron chi connectivity index (χ4n) is 2.25. The van der Waals surface area contributed by atoms with E-state index in [2.05, 4.69) is 21.6 Å². The van der Waals surface area contributed by atoms with Crippen molar-refractivity contribution in [3.8, 4) is 0 Å².